The van der Waals surface area contributed by atoms with E-state index in [4.69, 9.17) is 17.5 Å². The number of alkyl halides is 1. The molecule has 0 unspecified atom stereocenters. The zero-order chi connectivity index (χ0) is 11.4. The van der Waals surface area contributed by atoms with Gasteiger partial charge >= 0.3 is 61.8 Å². The van der Waals surface area contributed by atoms with Gasteiger partial charge in [0.15, 0.2) is 0 Å². The SMILES string of the molecule is CCCCCCCCF.O=S(=O)(O)O.[KH]. The van der Waals surface area contributed by atoms with Crippen molar-refractivity contribution >= 4 is 61.8 Å². The molecule has 90 valence electrons. The van der Waals surface area contributed by atoms with Gasteiger partial charge in [-0.1, -0.05) is 39.0 Å². The van der Waals surface area contributed by atoms with Crippen LogP contribution in [0.4, 0.5) is 4.39 Å². The van der Waals surface area contributed by atoms with E-state index in [1.54, 1.807) is 0 Å². The van der Waals surface area contributed by atoms with E-state index >= 15 is 0 Å². The fraction of sp³-hybridized carbons (Fsp3) is 1.00. The molecule has 7 heteroatoms. The van der Waals surface area contributed by atoms with Crippen molar-refractivity contribution in [3.8, 4) is 0 Å². The van der Waals surface area contributed by atoms with Crippen LogP contribution in [-0.2, 0) is 10.4 Å². The summed E-state index contributed by atoms with van der Waals surface area (Å²) in [4.78, 5) is 0. The van der Waals surface area contributed by atoms with Crippen molar-refractivity contribution in [2.75, 3.05) is 6.67 Å². The molecule has 0 aliphatic heterocycles. The maximum atomic E-state index is 11.5. The summed E-state index contributed by atoms with van der Waals surface area (Å²) in [6.07, 6.45) is 6.94. The van der Waals surface area contributed by atoms with E-state index in [1.165, 1.54) is 25.7 Å². The number of unbranched alkanes of at least 4 members (excludes halogenated alkanes) is 5. The van der Waals surface area contributed by atoms with E-state index in [9.17, 15) is 4.39 Å². The van der Waals surface area contributed by atoms with E-state index < -0.39 is 10.4 Å². The van der Waals surface area contributed by atoms with Gasteiger partial charge in [0.05, 0.1) is 6.67 Å². The van der Waals surface area contributed by atoms with Gasteiger partial charge in [0, 0.05) is 0 Å². The van der Waals surface area contributed by atoms with Gasteiger partial charge in [-0.15, -0.1) is 0 Å². The zero-order valence-electron chi connectivity index (χ0n) is 8.45. The molecule has 0 spiro atoms. The summed E-state index contributed by atoms with van der Waals surface area (Å²) in [5.41, 5.74) is 0. The molecule has 0 aliphatic carbocycles. The molecule has 0 radical (unpaired) electrons. The molecule has 0 aromatic heterocycles. The minimum absolute atomic E-state index is 0. The van der Waals surface area contributed by atoms with E-state index in [0.29, 0.717) is 0 Å². The van der Waals surface area contributed by atoms with Gasteiger partial charge in [-0.25, -0.2) is 0 Å². The van der Waals surface area contributed by atoms with Crippen molar-refractivity contribution in [2.45, 2.75) is 45.4 Å². The van der Waals surface area contributed by atoms with Crippen LogP contribution in [0.5, 0.6) is 0 Å². The van der Waals surface area contributed by atoms with Crippen molar-refractivity contribution in [1.82, 2.24) is 0 Å². The molecule has 0 atom stereocenters. The molecule has 0 amide bonds. The van der Waals surface area contributed by atoms with Gasteiger partial charge in [0.25, 0.3) is 0 Å². The summed E-state index contributed by atoms with van der Waals surface area (Å²) < 4.78 is 43.1. The first-order valence-electron chi connectivity index (χ1n) is 4.67. The van der Waals surface area contributed by atoms with Gasteiger partial charge in [-0.05, 0) is 6.42 Å². The van der Waals surface area contributed by atoms with Crippen molar-refractivity contribution in [3.05, 3.63) is 0 Å². The Balaban J connectivity index is -0.000000208. The first-order valence-corrected chi connectivity index (χ1v) is 6.07. The van der Waals surface area contributed by atoms with Crippen molar-refractivity contribution < 1.29 is 21.9 Å². The average molecular weight is 270 g/mol. The Morgan fingerprint density at radius 1 is 1.00 bits per heavy atom. The molecule has 15 heavy (non-hydrogen) atoms. The Morgan fingerprint density at radius 3 is 1.67 bits per heavy atom. The standard InChI is InChI=1S/C8H17F.K.H2O4S.H/c1-2-3-4-5-6-7-8-9;;1-5(2,3)4;/h2-8H2,1H3;;(H2,1,2,3,4);. The number of hydrogen-bond donors (Lipinski definition) is 2. The van der Waals surface area contributed by atoms with Crippen LogP contribution in [0.15, 0.2) is 0 Å². The van der Waals surface area contributed by atoms with Crippen molar-refractivity contribution in [3.63, 3.8) is 0 Å². The van der Waals surface area contributed by atoms with Crippen molar-refractivity contribution in [2.24, 2.45) is 0 Å². The fourth-order valence-electron chi connectivity index (χ4n) is 0.875. The van der Waals surface area contributed by atoms with Gasteiger partial charge in [-0.2, -0.15) is 8.42 Å². The number of halogens is 1. The third kappa shape index (κ3) is 50.4. The Labute approximate surface area is 134 Å². The monoisotopic (exact) mass is 270 g/mol. The summed E-state index contributed by atoms with van der Waals surface area (Å²) in [5.74, 6) is 0. The third-order valence-electron chi connectivity index (χ3n) is 1.49. The molecule has 0 rings (SSSR count). The van der Waals surface area contributed by atoms with Crippen LogP contribution < -0.4 is 0 Å². The fourth-order valence-corrected chi connectivity index (χ4v) is 0.875. The quantitative estimate of drug-likeness (QED) is 0.440. The molecule has 0 saturated heterocycles. The normalized spacial score (nSPS) is 9.87. The molecule has 0 aliphatic rings. The topological polar surface area (TPSA) is 74.6 Å². The summed E-state index contributed by atoms with van der Waals surface area (Å²) in [6.45, 7) is 2.06. The molecular formula is C8H20FKO4S. The number of hydrogen-bond acceptors (Lipinski definition) is 2. The van der Waals surface area contributed by atoms with Crippen molar-refractivity contribution in [1.29, 1.82) is 0 Å². The maximum absolute atomic E-state index is 11.5. The first kappa shape index (κ1) is 21.7. The van der Waals surface area contributed by atoms with Crippen LogP contribution in [0.1, 0.15) is 45.4 Å². The molecule has 0 aromatic carbocycles. The average Bonchev–Trinajstić information content (AvgIpc) is 2.01. The minimum atomic E-state index is -4.67. The third-order valence-corrected chi connectivity index (χ3v) is 1.49. The molecule has 0 aromatic rings. The van der Waals surface area contributed by atoms with E-state index in [2.05, 4.69) is 6.92 Å². The summed E-state index contributed by atoms with van der Waals surface area (Å²) >= 11 is 0. The second-order valence-corrected chi connectivity index (χ2v) is 3.80. The van der Waals surface area contributed by atoms with Gasteiger partial charge in [0.1, 0.15) is 0 Å². The van der Waals surface area contributed by atoms with Gasteiger partial charge < -0.3 is 0 Å². The Kier molecular flexibility index (Phi) is 22.3. The van der Waals surface area contributed by atoms with Gasteiger partial charge in [-0.3, -0.25) is 13.5 Å². The predicted molar refractivity (Wildman–Crippen MR) is 60.7 cm³/mol. The first-order chi connectivity index (χ1) is 6.41. The second kappa shape index (κ2) is 15.4. The van der Waals surface area contributed by atoms with E-state index in [0.717, 1.165) is 12.8 Å². The van der Waals surface area contributed by atoms with Crippen LogP contribution in [0, 0.1) is 0 Å². The van der Waals surface area contributed by atoms with Crippen LogP contribution in [0.25, 0.3) is 0 Å². The number of rotatable bonds is 6. The zero-order valence-corrected chi connectivity index (χ0v) is 9.26. The Hall–Kier alpha value is 1.44. The Bertz CT molecular complexity index is 183. The van der Waals surface area contributed by atoms with Crippen LogP contribution in [-0.4, -0.2) is 75.6 Å². The van der Waals surface area contributed by atoms with Crippen LogP contribution in [0.2, 0.25) is 0 Å². The predicted octanol–water partition coefficient (Wildman–Crippen LogP) is 2.02. The summed E-state index contributed by atoms with van der Waals surface area (Å²) in [6, 6.07) is 0. The molecule has 2 N–H and O–H groups in total. The molecule has 0 bridgehead atoms. The van der Waals surface area contributed by atoms with Crippen LogP contribution in [0.3, 0.4) is 0 Å². The second-order valence-electron chi connectivity index (χ2n) is 2.90. The van der Waals surface area contributed by atoms with Crippen LogP contribution >= 0.6 is 0 Å². The van der Waals surface area contributed by atoms with Gasteiger partial charge in [0.2, 0.25) is 0 Å². The molecule has 0 fully saturated rings. The molecule has 0 heterocycles. The molecule has 0 saturated carbocycles. The summed E-state index contributed by atoms with van der Waals surface area (Å²) in [5, 5.41) is 0. The Morgan fingerprint density at radius 2 is 1.33 bits per heavy atom. The van der Waals surface area contributed by atoms with E-state index in [-0.39, 0.29) is 58.1 Å². The molecular weight excluding hydrogens is 250 g/mol. The summed E-state index contributed by atoms with van der Waals surface area (Å²) in [7, 11) is -4.67. The van der Waals surface area contributed by atoms with E-state index in [1.807, 2.05) is 0 Å². The molecule has 4 nitrogen and oxygen atoms in total.